The quantitative estimate of drug-likeness (QED) is 0.842. The summed E-state index contributed by atoms with van der Waals surface area (Å²) in [5.41, 5.74) is 3.48. The molecule has 1 aromatic rings. The second-order valence-corrected chi connectivity index (χ2v) is 4.16. The highest BCUT2D eigenvalue weighted by Gasteiger charge is 2.18. The average Bonchev–Trinajstić information content (AvgIpc) is 2.34. The average molecular weight is 301 g/mol. The Kier molecular flexibility index (Phi) is 5.12. The highest BCUT2D eigenvalue weighted by molar-refractivity contribution is 8.93. The third kappa shape index (κ3) is 2.68. The van der Waals surface area contributed by atoms with Crippen molar-refractivity contribution in [3.05, 3.63) is 17.7 Å². The molecule has 1 aromatic carbocycles. The van der Waals surface area contributed by atoms with E-state index in [0.29, 0.717) is 5.75 Å². The van der Waals surface area contributed by atoms with E-state index in [-0.39, 0.29) is 17.0 Å². The van der Waals surface area contributed by atoms with Gasteiger partial charge in [-0.3, -0.25) is 0 Å². The van der Waals surface area contributed by atoms with Crippen LogP contribution in [0.3, 0.4) is 0 Å². The van der Waals surface area contributed by atoms with E-state index >= 15 is 0 Å². The molecule has 0 spiro atoms. The van der Waals surface area contributed by atoms with E-state index in [2.05, 4.69) is 24.1 Å². The first kappa shape index (κ1) is 14.2. The zero-order valence-electron chi connectivity index (χ0n) is 10.5. The van der Waals surface area contributed by atoms with E-state index in [1.807, 2.05) is 6.07 Å². The van der Waals surface area contributed by atoms with E-state index in [1.165, 1.54) is 11.3 Å². The second-order valence-electron chi connectivity index (χ2n) is 4.16. The molecule has 3 nitrogen and oxygen atoms in total. The first-order valence-electron chi connectivity index (χ1n) is 6.11. The van der Waals surface area contributed by atoms with E-state index < -0.39 is 0 Å². The standard InChI is InChI=1S/C13H20N2O.BrH/c1-3-15(4-2)11-7-8-12(16)13-10(11)6-5-9-14-13;/h7-8,14,16H,3-6,9H2,1-2H3;1H. The van der Waals surface area contributed by atoms with E-state index in [1.54, 1.807) is 6.07 Å². The lowest BCUT2D eigenvalue weighted by molar-refractivity contribution is 0.475. The van der Waals surface area contributed by atoms with E-state index in [9.17, 15) is 5.11 Å². The summed E-state index contributed by atoms with van der Waals surface area (Å²) in [6.45, 7) is 7.31. The summed E-state index contributed by atoms with van der Waals surface area (Å²) in [5, 5.41) is 13.1. The van der Waals surface area contributed by atoms with Crippen molar-refractivity contribution in [1.82, 2.24) is 0 Å². The molecule has 4 heteroatoms. The van der Waals surface area contributed by atoms with Crippen molar-refractivity contribution in [1.29, 1.82) is 0 Å². The van der Waals surface area contributed by atoms with Crippen LogP contribution in [0.5, 0.6) is 5.75 Å². The smallest absolute Gasteiger partial charge is 0.139 e. The van der Waals surface area contributed by atoms with Crippen molar-refractivity contribution in [2.45, 2.75) is 26.7 Å². The lowest BCUT2D eigenvalue weighted by Crippen LogP contribution is -2.25. The van der Waals surface area contributed by atoms with Gasteiger partial charge in [0.1, 0.15) is 5.75 Å². The Hall–Kier alpha value is -0.900. The van der Waals surface area contributed by atoms with Gasteiger partial charge >= 0.3 is 0 Å². The molecule has 0 fully saturated rings. The van der Waals surface area contributed by atoms with E-state index in [4.69, 9.17) is 0 Å². The fraction of sp³-hybridized carbons (Fsp3) is 0.538. The molecule has 1 aliphatic rings. The molecule has 96 valence electrons. The Bertz CT molecular complexity index is 378. The third-order valence-electron chi connectivity index (χ3n) is 3.28. The van der Waals surface area contributed by atoms with Crippen LogP contribution in [-0.4, -0.2) is 24.7 Å². The van der Waals surface area contributed by atoms with Gasteiger partial charge in [0.2, 0.25) is 0 Å². The number of fused-ring (bicyclic) bond motifs is 1. The normalized spacial score (nSPS) is 13.3. The molecule has 1 heterocycles. The minimum Gasteiger partial charge on any atom is -0.506 e. The number of anilines is 2. The molecule has 2 N–H and O–H groups in total. The summed E-state index contributed by atoms with van der Waals surface area (Å²) >= 11 is 0. The van der Waals surface area contributed by atoms with Crippen molar-refractivity contribution < 1.29 is 5.11 Å². The Labute approximate surface area is 114 Å². The largest absolute Gasteiger partial charge is 0.506 e. The van der Waals surface area contributed by atoms with Gasteiger partial charge < -0.3 is 15.3 Å². The molecule has 0 atom stereocenters. The second kappa shape index (κ2) is 6.15. The fourth-order valence-corrected chi connectivity index (χ4v) is 2.41. The molecule has 0 aromatic heterocycles. The van der Waals surface area contributed by atoms with Gasteiger partial charge in [0.25, 0.3) is 0 Å². The van der Waals surface area contributed by atoms with Crippen molar-refractivity contribution in [3.63, 3.8) is 0 Å². The molecule has 0 saturated heterocycles. The number of benzene rings is 1. The monoisotopic (exact) mass is 300 g/mol. The number of nitrogens with zero attached hydrogens (tertiary/aromatic N) is 1. The SMILES string of the molecule is Br.CCN(CC)c1ccc(O)c2c1CCCN2. The minimum atomic E-state index is 0. The van der Waals surface area contributed by atoms with Crippen LogP contribution in [0, 0.1) is 0 Å². The molecule has 0 unspecified atom stereocenters. The summed E-state index contributed by atoms with van der Waals surface area (Å²) in [6.07, 6.45) is 2.20. The van der Waals surface area contributed by atoms with Crippen LogP contribution in [0.15, 0.2) is 12.1 Å². The summed E-state index contributed by atoms with van der Waals surface area (Å²) in [6, 6.07) is 3.83. The molecular weight excluding hydrogens is 280 g/mol. The van der Waals surface area contributed by atoms with Crippen molar-refractivity contribution >= 4 is 28.4 Å². The molecule has 0 radical (unpaired) electrons. The van der Waals surface area contributed by atoms with Gasteiger partial charge in [-0.25, -0.2) is 0 Å². The van der Waals surface area contributed by atoms with Crippen LogP contribution >= 0.6 is 17.0 Å². The highest BCUT2D eigenvalue weighted by atomic mass is 79.9. The fourth-order valence-electron chi connectivity index (χ4n) is 2.41. The molecule has 0 saturated carbocycles. The van der Waals surface area contributed by atoms with Crippen LogP contribution in [0.1, 0.15) is 25.8 Å². The molecule has 2 rings (SSSR count). The molecule has 0 aliphatic carbocycles. The van der Waals surface area contributed by atoms with E-state index in [0.717, 1.165) is 38.2 Å². The van der Waals surface area contributed by atoms with Crippen LogP contribution in [0.4, 0.5) is 11.4 Å². The Morgan fingerprint density at radius 2 is 2.00 bits per heavy atom. The number of hydrogen-bond donors (Lipinski definition) is 2. The van der Waals surface area contributed by atoms with Gasteiger partial charge in [0.15, 0.2) is 0 Å². The molecule has 0 bridgehead atoms. The number of rotatable bonds is 3. The first-order valence-corrected chi connectivity index (χ1v) is 6.11. The zero-order chi connectivity index (χ0) is 11.5. The number of aromatic hydroxyl groups is 1. The summed E-state index contributed by atoms with van der Waals surface area (Å²) in [7, 11) is 0. The Morgan fingerprint density at radius 1 is 1.29 bits per heavy atom. The molecule has 1 aliphatic heterocycles. The minimum absolute atomic E-state index is 0. The summed E-state index contributed by atoms with van der Waals surface area (Å²) in [5.74, 6) is 0.380. The lowest BCUT2D eigenvalue weighted by Gasteiger charge is -2.28. The lowest BCUT2D eigenvalue weighted by atomic mass is 10.00. The van der Waals surface area contributed by atoms with Crippen LogP contribution in [0.25, 0.3) is 0 Å². The van der Waals surface area contributed by atoms with Crippen LogP contribution in [-0.2, 0) is 6.42 Å². The highest BCUT2D eigenvalue weighted by Crippen LogP contribution is 2.37. The van der Waals surface area contributed by atoms with Gasteiger partial charge in [-0.1, -0.05) is 0 Å². The molecule has 0 amide bonds. The Morgan fingerprint density at radius 3 is 2.65 bits per heavy atom. The van der Waals surface area contributed by atoms with Crippen LogP contribution < -0.4 is 10.2 Å². The number of phenolic OH excluding ortho intramolecular Hbond substituents is 1. The third-order valence-corrected chi connectivity index (χ3v) is 3.28. The summed E-state index contributed by atoms with van der Waals surface area (Å²) in [4.78, 5) is 2.34. The number of halogens is 1. The predicted octanol–water partition coefficient (Wildman–Crippen LogP) is 3.17. The van der Waals surface area contributed by atoms with Gasteiger partial charge in [-0.15, -0.1) is 17.0 Å². The van der Waals surface area contributed by atoms with Gasteiger partial charge in [-0.05, 0) is 38.8 Å². The van der Waals surface area contributed by atoms with Gasteiger partial charge in [0, 0.05) is 30.9 Å². The Balaban J connectivity index is 0.00000144. The van der Waals surface area contributed by atoms with Gasteiger partial charge in [-0.2, -0.15) is 0 Å². The number of hydrogen-bond acceptors (Lipinski definition) is 3. The zero-order valence-corrected chi connectivity index (χ0v) is 12.2. The van der Waals surface area contributed by atoms with Crippen molar-refractivity contribution in [2.24, 2.45) is 0 Å². The number of nitrogens with one attached hydrogen (secondary N) is 1. The summed E-state index contributed by atoms with van der Waals surface area (Å²) < 4.78 is 0. The molecule has 17 heavy (non-hydrogen) atoms. The predicted molar refractivity (Wildman–Crippen MR) is 78.8 cm³/mol. The maximum atomic E-state index is 9.83. The first-order chi connectivity index (χ1) is 7.77. The van der Waals surface area contributed by atoms with Crippen LogP contribution in [0.2, 0.25) is 0 Å². The van der Waals surface area contributed by atoms with Crippen molar-refractivity contribution in [2.75, 3.05) is 29.9 Å². The van der Waals surface area contributed by atoms with Crippen molar-refractivity contribution in [3.8, 4) is 5.75 Å². The van der Waals surface area contributed by atoms with Gasteiger partial charge in [0.05, 0.1) is 5.69 Å². The number of phenols is 1. The maximum Gasteiger partial charge on any atom is 0.139 e. The molecular formula is C13H21BrN2O. The maximum absolute atomic E-state index is 9.83. The topological polar surface area (TPSA) is 35.5 Å².